The van der Waals surface area contributed by atoms with Gasteiger partial charge in [-0.05, 0) is 29.8 Å². The molecule has 2 aromatic rings. The monoisotopic (exact) mass is 298 g/mol. The van der Waals surface area contributed by atoms with E-state index in [-0.39, 0.29) is 5.56 Å². The van der Waals surface area contributed by atoms with Crippen LogP contribution in [0, 0.1) is 13.8 Å². The molecule has 0 bridgehead atoms. The van der Waals surface area contributed by atoms with Gasteiger partial charge in [0, 0.05) is 12.1 Å². The summed E-state index contributed by atoms with van der Waals surface area (Å²) >= 11 is 3.20. The molecular weight excluding hydrogens is 288 g/mol. The van der Waals surface area contributed by atoms with Gasteiger partial charge in [-0.15, -0.1) is 0 Å². The summed E-state index contributed by atoms with van der Waals surface area (Å²) in [4.78, 5) is 11.3. The van der Waals surface area contributed by atoms with Crippen LogP contribution in [0.4, 0.5) is 5.69 Å². The second-order valence-electron chi connectivity index (χ2n) is 3.58. The first-order valence-electron chi connectivity index (χ1n) is 4.98. The van der Waals surface area contributed by atoms with Crippen molar-refractivity contribution >= 4 is 21.6 Å². The third kappa shape index (κ3) is 2.38. The maximum absolute atomic E-state index is 11.3. The van der Waals surface area contributed by atoms with Crippen molar-refractivity contribution in [2.24, 2.45) is 0 Å². The Morgan fingerprint density at radius 1 is 1.53 bits per heavy atom. The molecule has 0 aliphatic rings. The molecule has 0 aliphatic heterocycles. The van der Waals surface area contributed by atoms with Crippen LogP contribution in [-0.4, -0.2) is 15.4 Å². The zero-order valence-corrected chi connectivity index (χ0v) is 11.0. The van der Waals surface area contributed by atoms with Crippen LogP contribution in [0.5, 0.6) is 0 Å². The average Bonchev–Trinajstić information content (AvgIpc) is 2.62. The number of aromatic nitrogens is 3. The Balaban J connectivity index is 2.18. The molecule has 0 saturated carbocycles. The van der Waals surface area contributed by atoms with Crippen LogP contribution in [0.15, 0.2) is 20.0 Å². The maximum atomic E-state index is 11.3. The fraction of sp³-hybridized carbons (Fsp3) is 0.300. The van der Waals surface area contributed by atoms with Gasteiger partial charge in [-0.25, -0.2) is 5.10 Å². The van der Waals surface area contributed by atoms with E-state index in [9.17, 15) is 4.79 Å². The van der Waals surface area contributed by atoms with Crippen molar-refractivity contribution in [1.82, 2.24) is 15.4 Å². The lowest BCUT2D eigenvalue weighted by atomic mass is 10.2. The summed E-state index contributed by atoms with van der Waals surface area (Å²) in [7, 11) is 0. The second kappa shape index (κ2) is 4.70. The summed E-state index contributed by atoms with van der Waals surface area (Å²) in [6, 6.07) is 0. The van der Waals surface area contributed by atoms with Gasteiger partial charge in [0.05, 0.1) is 17.6 Å². The normalized spacial score (nSPS) is 10.5. The highest BCUT2D eigenvalue weighted by atomic mass is 79.9. The first kappa shape index (κ1) is 11.8. The minimum Gasteiger partial charge on any atom is -0.378 e. The number of H-pyrrole nitrogens is 1. The lowest BCUT2D eigenvalue weighted by Gasteiger charge is -2.06. The van der Waals surface area contributed by atoms with Gasteiger partial charge >= 0.3 is 0 Å². The molecule has 0 aliphatic carbocycles. The van der Waals surface area contributed by atoms with Crippen LogP contribution >= 0.6 is 15.9 Å². The van der Waals surface area contributed by atoms with Crippen molar-refractivity contribution in [1.29, 1.82) is 0 Å². The number of rotatable bonds is 3. The van der Waals surface area contributed by atoms with Crippen molar-refractivity contribution in [3.8, 4) is 0 Å². The van der Waals surface area contributed by atoms with Gasteiger partial charge in [0.2, 0.25) is 0 Å². The van der Waals surface area contributed by atoms with E-state index < -0.39 is 0 Å². The highest BCUT2D eigenvalue weighted by Gasteiger charge is 2.10. The van der Waals surface area contributed by atoms with Crippen molar-refractivity contribution in [2.75, 3.05) is 5.32 Å². The summed E-state index contributed by atoms with van der Waals surface area (Å²) in [5.74, 6) is 0.768. The number of aryl methyl sites for hydroxylation is 2. The van der Waals surface area contributed by atoms with E-state index in [2.05, 4.69) is 36.6 Å². The molecule has 0 amide bonds. The van der Waals surface area contributed by atoms with Crippen molar-refractivity contribution < 1.29 is 4.52 Å². The Morgan fingerprint density at radius 3 is 2.94 bits per heavy atom. The van der Waals surface area contributed by atoms with Crippen molar-refractivity contribution in [2.45, 2.75) is 20.4 Å². The quantitative estimate of drug-likeness (QED) is 0.902. The summed E-state index contributed by atoms with van der Waals surface area (Å²) in [6.45, 7) is 4.26. The largest absolute Gasteiger partial charge is 0.378 e. The van der Waals surface area contributed by atoms with Crippen LogP contribution < -0.4 is 10.9 Å². The lowest BCUT2D eigenvalue weighted by molar-refractivity contribution is 0.392. The third-order valence-electron chi connectivity index (χ3n) is 2.43. The molecule has 0 saturated heterocycles. The number of nitrogens with zero attached hydrogens (tertiary/aromatic N) is 2. The molecule has 0 spiro atoms. The molecule has 2 aromatic heterocycles. The highest BCUT2D eigenvalue weighted by Crippen LogP contribution is 2.18. The molecule has 2 N–H and O–H groups in total. The SMILES string of the molecule is Cc1noc(C)c1CNc1cn[nH]c(=O)c1Br. The Hall–Kier alpha value is -1.63. The standard InChI is InChI=1S/C10H11BrN4O2/c1-5-7(6(2)17-15-5)3-12-8-4-13-14-10(16)9(8)11/h4H,3H2,1-2H3,(H2,12,14,16). The van der Waals surface area contributed by atoms with Gasteiger partial charge in [-0.3, -0.25) is 4.79 Å². The molecule has 17 heavy (non-hydrogen) atoms. The van der Waals surface area contributed by atoms with Crippen molar-refractivity contribution in [3.63, 3.8) is 0 Å². The molecule has 0 aromatic carbocycles. The van der Waals surface area contributed by atoms with Gasteiger partial charge in [0.25, 0.3) is 5.56 Å². The maximum Gasteiger partial charge on any atom is 0.280 e. The zero-order chi connectivity index (χ0) is 12.4. The molecule has 2 rings (SSSR count). The number of hydrogen-bond donors (Lipinski definition) is 2. The summed E-state index contributed by atoms with van der Waals surface area (Å²) in [5.41, 5.74) is 2.18. The predicted octanol–water partition coefficient (Wildman–Crippen LogP) is 1.75. The van der Waals surface area contributed by atoms with Gasteiger partial charge in [0.1, 0.15) is 10.2 Å². The Morgan fingerprint density at radius 2 is 2.29 bits per heavy atom. The highest BCUT2D eigenvalue weighted by molar-refractivity contribution is 9.10. The molecule has 7 heteroatoms. The van der Waals surface area contributed by atoms with Crippen LogP contribution in [0.2, 0.25) is 0 Å². The Kier molecular flexibility index (Phi) is 3.28. The van der Waals surface area contributed by atoms with E-state index in [1.54, 1.807) is 6.20 Å². The van der Waals surface area contributed by atoms with Crippen LogP contribution in [0.25, 0.3) is 0 Å². The number of halogens is 1. The number of aromatic amines is 1. The number of hydrogen-bond acceptors (Lipinski definition) is 5. The second-order valence-corrected chi connectivity index (χ2v) is 4.38. The number of nitrogens with one attached hydrogen (secondary N) is 2. The average molecular weight is 299 g/mol. The molecule has 0 fully saturated rings. The van der Waals surface area contributed by atoms with E-state index in [0.717, 1.165) is 17.0 Å². The van der Waals surface area contributed by atoms with E-state index in [1.807, 2.05) is 13.8 Å². The van der Waals surface area contributed by atoms with E-state index in [1.165, 1.54) is 0 Å². The van der Waals surface area contributed by atoms with Gasteiger partial charge < -0.3 is 9.84 Å². The van der Waals surface area contributed by atoms with E-state index >= 15 is 0 Å². The van der Waals surface area contributed by atoms with Crippen LogP contribution in [0.3, 0.4) is 0 Å². The number of anilines is 1. The van der Waals surface area contributed by atoms with Crippen molar-refractivity contribution in [3.05, 3.63) is 38.0 Å². The fourth-order valence-electron chi connectivity index (χ4n) is 1.44. The van der Waals surface area contributed by atoms with Gasteiger partial charge in [-0.2, -0.15) is 5.10 Å². The first-order valence-corrected chi connectivity index (χ1v) is 5.77. The molecule has 0 unspecified atom stereocenters. The molecule has 0 radical (unpaired) electrons. The van der Waals surface area contributed by atoms with Gasteiger partial charge in [0.15, 0.2) is 0 Å². The Labute approximate surface area is 106 Å². The minimum absolute atomic E-state index is 0.270. The summed E-state index contributed by atoms with van der Waals surface area (Å²) < 4.78 is 5.48. The minimum atomic E-state index is -0.270. The zero-order valence-electron chi connectivity index (χ0n) is 9.37. The van der Waals surface area contributed by atoms with E-state index in [0.29, 0.717) is 16.7 Å². The fourth-order valence-corrected chi connectivity index (χ4v) is 1.78. The molecule has 90 valence electrons. The first-order chi connectivity index (χ1) is 8.09. The van der Waals surface area contributed by atoms with Crippen LogP contribution in [0.1, 0.15) is 17.0 Å². The Bertz CT molecular complexity index is 571. The van der Waals surface area contributed by atoms with E-state index in [4.69, 9.17) is 4.52 Å². The molecule has 2 heterocycles. The molecule has 0 atom stereocenters. The summed E-state index contributed by atoms with van der Waals surface area (Å²) in [6.07, 6.45) is 1.55. The predicted molar refractivity (Wildman–Crippen MR) is 65.9 cm³/mol. The molecular formula is C10H11BrN4O2. The topological polar surface area (TPSA) is 83.8 Å². The summed E-state index contributed by atoms with van der Waals surface area (Å²) in [5, 5.41) is 13.0. The lowest BCUT2D eigenvalue weighted by Crippen LogP contribution is -2.12. The third-order valence-corrected chi connectivity index (χ3v) is 3.22. The van der Waals surface area contributed by atoms with Crippen LogP contribution in [-0.2, 0) is 6.54 Å². The molecule has 6 nitrogen and oxygen atoms in total. The smallest absolute Gasteiger partial charge is 0.280 e. The van der Waals surface area contributed by atoms with Gasteiger partial charge in [-0.1, -0.05) is 5.16 Å².